The van der Waals surface area contributed by atoms with Crippen molar-refractivity contribution in [2.75, 3.05) is 5.32 Å². The number of nitro groups is 1. The smallest absolute Gasteiger partial charge is 0.275 e. The monoisotopic (exact) mass is 310 g/mol. The van der Waals surface area contributed by atoms with Gasteiger partial charge in [0.1, 0.15) is 10.7 Å². The minimum absolute atomic E-state index is 0.116. The molecule has 0 spiro atoms. The van der Waals surface area contributed by atoms with E-state index in [1.54, 1.807) is 6.92 Å². The van der Waals surface area contributed by atoms with Gasteiger partial charge in [-0.05, 0) is 13.0 Å². The molecular weight excluding hydrogens is 299 g/mol. The van der Waals surface area contributed by atoms with Gasteiger partial charge in [0.15, 0.2) is 5.82 Å². The number of hydrogen-bond acceptors (Lipinski definition) is 6. The number of nitrogens with zero attached hydrogens (tertiary/aromatic N) is 2. The maximum atomic E-state index is 13.7. The zero-order valence-corrected chi connectivity index (χ0v) is 11.7. The molecule has 1 atom stereocenters. The van der Waals surface area contributed by atoms with Crippen LogP contribution < -0.4 is 11.1 Å². The van der Waals surface area contributed by atoms with Crippen molar-refractivity contribution in [2.45, 2.75) is 13.0 Å². The fraction of sp³-hybridized carbons (Fsp3) is 0.167. The predicted octanol–water partition coefficient (Wildman–Crippen LogP) is 2.46. The van der Waals surface area contributed by atoms with E-state index in [1.165, 1.54) is 16.7 Å². The predicted molar refractivity (Wildman–Crippen MR) is 75.7 cm³/mol. The van der Waals surface area contributed by atoms with Crippen LogP contribution in [-0.4, -0.2) is 15.8 Å². The number of rotatable bonds is 4. The fourth-order valence-electron chi connectivity index (χ4n) is 1.51. The highest BCUT2D eigenvalue weighted by Gasteiger charge is 2.16. The summed E-state index contributed by atoms with van der Waals surface area (Å²) in [6, 6.07) is 2.68. The Bertz CT molecular complexity index is 702. The minimum atomic E-state index is -0.889. The molecule has 1 aromatic carbocycles. The number of non-ortho nitro benzene ring substituents is 1. The first kappa shape index (κ1) is 15.0. The molecule has 0 saturated carbocycles. The highest BCUT2D eigenvalue weighted by Crippen LogP contribution is 2.22. The summed E-state index contributed by atoms with van der Waals surface area (Å²) in [5.74, 6) is -1.49. The molecule has 0 radical (unpaired) electrons. The Labute approximate surface area is 122 Å². The van der Waals surface area contributed by atoms with Crippen molar-refractivity contribution in [3.05, 3.63) is 50.2 Å². The SMILES string of the molecule is CC(N)c1nc(C(=O)Nc2ccc([N+](=O)[O-])cc2F)cs1. The van der Waals surface area contributed by atoms with Gasteiger partial charge >= 0.3 is 0 Å². The van der Waals surface area contributed by atoms with Gasteiger partial charge in [-0.2, -0.15) is 0 Å². The third-order valence-electron chi connectivity index (χ3n) is 2.56. The van der Waals surface area contributed by atoms with Crippen LogP contribution in [0.15, 0.2) is 23.6 Å². The molecule has 1 aromatic heterocycles. The number of thiazole rings is 1. The van der Waals surface area contributed by atoms with E-state index >= 15 is 0 Å². The second-order valence-corrected chi connectivity index (χ2v) is 5.12. The third-order valence-corrected chi connectivity index (χ3v) is 3.60. The van der Waals surface area contributed by atoms with Gasteiger partial charge in [-0.1, -0.05) is 0 Å². The van der Waals surface area contributed by atoms with Crippen molar-refractivity contribution in [1.29, 1.82) is 0 Å². The Hall–Kier alpha value is -2.39. The lowest BCUT2D eigenvalue weighted by Crippen LogP contribution is -2.14. The van der Waals surface area contributed by atoms with Crippen molar-refractivity contribution in [3.63, 3.8) is 0 Å². The molecule has 0 aliphatic carbocycles. The lowest BCUT2D eigenvalue weighted by atomic mass is 10.2. The standard InChI is InChI=1S/C12H11FN4O3S/c1-6(14)12-16-10(5-21-12)11(18)15-9-3-2-7(17(19)20)4-8(9)13/h2-6H,14H2,1H3,(H,15,18). The Morgan fingerprint density at radius 3 is 2.81 bits per heavy atom. The summed E-state index contributed by atoms with van der Waals surface area (Å²) in [5.41, 5.74) is 5.21. The summed E-state index contributed by atoms with van der Waals surface area (Å²) >= 11 is 1.23. The molecule has 110 valence electrons. The van der Waals surface area contributed by atoms with Crippen molar-refractivity contribution >= 4 is 28.6 Å². The average molecular weight is 310 g/mol. The van der Waals surface area contributed by atoms with Gasteiger partial charge in [0.25, 0.3) is 11.6 Å². The number of carbonyl (C=O) groups excluding carboxylic acids is 1. The Kier molecular flexibility index (Phi) is 4.24. The molecule has 9 heteroatoms. The van der Waals surface area contributed by atoms with Crippen molar-refractivity contribution < 1.29 is 14.1 Å². The van der Waals surface area contributed by atoms with Crippen LogP contribution in [-0.2, 0) is 0 Å². The average Bonchev–Trinajstić information content (AvgIpc) is 2.90. The summed E-state index contributed by atoms with van der Waals surface area (Å²) in [5, 5.41) is 14.9. The largest absolute Gasteiger partial charge is 0.322 e. The third kappa shape index (κ3) is 3.38. The number of nitrogens with two attached hydrogens (primary N) is 1. The van der Waals surface area contributed by atoms with E-state index in [9.17, 15) is 19.3 Å². The maximum absolute atomic E-state index is 13.7. The van der Waals surface area contributed by atoms with Gasteiger partial charge in [0.05, 0.1) is 22.7 Å². The quantitative estimate of drug-likeness (QED) is 0.665. The Morgan fingerprint density at radius 1 is 1.57 bits per heavy atom. The molecule has 0 aliphatic heterocycles. The van der Waals surface area contributed by atoms with E-state index < -0.39 is 22.3 Å². The van der Waals surface area contributed by atoms with Crippen LogP contribution in [0.1, 0.15) is 28.5 Å². The normalized spacial score (nSPS) is 12.0. The van der Waals surface area contributed by atoms with Crippen LogP contribution in [0.5, 0.6) is 0 Å². The molecule has 0 aliphatic rings. The number of hydrogen-bond donors (Lipinski definition) is 2. The summed E-state index contributed by atoms with van der Waals surface area (Å²) in [6.07, 6.45) is 0. The molecule has 2 aromatic rings. The summed E-state index contributed by atoms with van der Waals surface area (Å²) in [7, 11) is 0. The van der Waals surface area contributed by atoms with E-state index in [2.05, 4.69) is 10.3 Å². The number of halogens is 1. The maximum Gasteiger partial charge on any atom is 0.275 e. The van der Waals surface area contributed by atoms with Crippen molar-refractivity contribution in [1.82, 2.24) is 4.98 Å². The van der Waals surface area contributed by atoms with E-state index in [1.807, 2.05) is 0 Å². The van der Waals surface area contributed by atoms with Crippen LogP contribution >= 0.6 is 11.3 Å². The summed E-state index contributed by atoms with van der Waals surface area (Å²) in [6.45, 7) is 1.73. The Balaban J connectivity index is 2.17. The summed E-state index contributed by atoms with van der Waals surface area (Å²) < 4.78 is 13.7. The van der Waals surface area contributed by atoms with Gasteiger partial charge in [-0.25, -0.2) is 9.37 Å². The fourth-order valence-corrected chi connectivity index (χ4v) is 2.26. The number of nitrogens with one attached hydrogen (secondary N) is 1. The lowest BCUT2D eigenvalue weighted by molar-refractivity contribution is -0.385. The number of nitro benzene ring substituents is 1. The molecule has 3 N–H and O–H groups in total. The van der Waals surface area contributed by atoms with Crippen LogP contribution in [0.25, 0.3) is 0 Å². The highest BCUT2D eigenvalue weighted by molar-refractivity contribution is 7.09. The summed E-state index contributed by atoms with van der Waals surface area (Å²) in [4.78, 5) is 25.7. The van der Waals surface area contributed by atoms with E-state index in [-0.39, 0.29) is 17.4 Å². The zero-order chi connectivity index (χ0) is 15.6. The van der Waals surface area contributed by atoms with Gasteiger partial charge in [0.2, 0.25) is 0 Å². The molecule has 0 bridgehead atoms. The number of aromatic nitrogens is 1. The molecular formula is C12H11FN4O3S. The first-order chi connectivity index (χ1) is 9.88. The first-order valence-corrected chi connectivity index (χ1v) is 6.72. The number of benzene rings is 1. The number of amides is 1. The molecule has 21 heavy (non-hydrogen) atoms. The van der Waals surface area contributed by atoms with Crippen LogP contribution in [0.4, 0.5) is 15.8 Å². The van der Waals surface area contributed by atoms with Crippen LogP contribution in [0, 0.1) is 15.9 Å². The van der Waals surface area contributed by atoms with E-state index in [0.717, 1.165) is 18.2 Å². The molecule has 2 rings (SSSR count). The van der Waals surface area contributed by atoms with Crippen molar-refractivity contribution in [2.24, 2.45) is 5.73 Å². The topological polar surface area (TPSA) is 111 Å². The molecule has 1 unspecified atom stereocenters. The molecule has 1 amide bonds. The second kappa shape index (κ2) is 5.94. The second-order valence-electron chi connectivity index (χ2n) is 4.24. The zero-order valence-electron chi connectivity index (χ0n) is 10.9. The highest BCUT2D eigenvalue weighted by atomic mass is 32.1. The molecule has 7 nitrogen and oxygen atoms in total. The van der Waals surface area contributed by atoms with E-state index in [0.29, 0.717) is 5.01 Å². The minimum Gasteiger partial charge on any atom is -0.322 e. The number of anilines is 1. The lowest BCUT2D eigenvalue weighted by Gasteiger charge is -2.04. The number of carbonyl (C=O) groups is 1. The molecule has 1 heterocycles. The van der Waals surface area contributed by atoms with Crippen molar-refractivity contribution in [3.8, 4) is 0 Å². The van der Waals surface area contributed by atoms with Gasteiger partial charge in [0, 0.05) is 11.4 Å². The first-order valence-electron chi connectivity index (χ1n) is 5.84. The van der Waals surface area contributed by atoms with Gasteiger partial charge in [-0.3, -0.25) is 14.9 Å². The molecule has 0 fully saturated rings. The van der Waals surface area contributed by atoms with E-state index in [4.69, 9.17) is 5.73 Å². The molecule has 0 saturated heterocycles. The van der Waals surface area contributed by atoms with Gasteiger partial charge in [-0.15, -0.1) is 11.3 Å². The van der Waals surface area contributed by atoms with Crippen LogP contribution in [0.3, 0.4) is 0 Å². The van der Waals surface area contributed by atoms with Crippen LogP contribution in [0.2, 0.25) is 0 Å². The van der Waals surface area contributed by atoms with Gasteiger partial charge < -0.3 is 11.1 Å². The Morgan fingerprint density at radius 2 is 2.29 bits per heavy atom.